The van der Waals surface area contributed by atoms with Gasteiger partial charge in [-0.25, -0.2) is 8.42 Å². The number of sulfonamides is 1. The monoisotopic (exact) mass is 365 g/mol. The highest BCUT2D eigenvalue weighted by atomic mass is 32.2. The van der Waals surface area contributed by atoms with Crippen molar-refractivity contribution >= 4 is 26.6 Å². The van der Waals surface area contributed by atoms with Gasteiger partial charge in [0.25, 0.3) is 0 Å². The van der Waals surface area contributed by atoms with Crippen LogP contribution in [-0.2, 0) is 10.0 Å². The molecule has 3 rings (SSSR count). The lowest BCUT2D eigenvalue weighted by Gasteiger charge is -2.13. The summed E-state index contributed by atoms with van der Waals surface area (Å²) >= 11 is 0. The largest absolute Gasteiger partial charge is 0.377 e. The molecule has 1 N–H and O–H groups in total. The van der Waals surface area contributed by atoms with E-state index >= 15 is 0 Å². The average Bonchev–Trinajstić information content (AvgIpc) is 2.65. The van der Waals surface area contributed by atoms with Crippen LogP contribution in [0.1, 0.15) is 5.56 Å². The third-order valence-electron chi connectivity index (χ3n) is 3.84. The molecular formula is C20H19N3O2S. The zero-order valence-electron chi connectivity index (χ0n) is 14.6. The Morgan fingerprint density at radius 1 is 1.04 bits per heavy atom. The lowest BCUT2D eigenvalue weighted by Crippen LogP contribution is -2.24. The number of hydrogen-bond acceptors (Lipinski definition) is 4. The van der Waals surface area contributed by atoms with Crippen molar-refractivity contribution in [3.8, 4) is 11.8 Å². The Morgan fingerprint density at radius 2 is 1.81 bits per heavy atom. The SMILES string of the molecule is CN(C)c1ccccc1C#CCNS(=O)(=O)c1cccc2cccnc12. The van der Waals surface area contributed by atoms with Crippen molar-refractivity contribution in [2.24, 2.45) is 0 Å². The topological polar surface area (TPSA) is 62.3 Å². The summed E-state index contributed by atoms with van der Waals surface area (Å²) in [7, 11) is 0.189. The minimum absolute atomic E-state index is 0.0211. The van der Waals surface area contributed by atoms with Gasteiger partial charge in [0.15, 0.2) is 0 Å². The number of nitrogens with one attached hydrogen (secondary N) is 1. The minimum atomic E-state index is -3.69. The molecule has 0 aliphatic rings. The third-order valence-corrected chi connectivity index (χ3v) is 5.28. The first-order valence-corrected chi connectivity index (χ1v) is 9.56. The van der Waals surface area contributed by atoms with Crippen LogP contribution >= 0.6 is 0 Å². The Hall–Kier alpha value is -2.88. The number of aromatic nitrogens is 1. The zero-order valence-corrected chi connectivity index (χ0v) is 15.4. The van der Waals surface area contributed by atoms with Gasteiger partial charge in [-0.05, 0) is 24.3 Å². The van der Waals surface area contributed by atoms with Gasteiger partial charge in [0.1, 0.15) is 4.90 Å². The van der Waals surface area contributed by atoms with Crippen molar-refractivity contribution in [1.82, 2.24) is 9.71 Å². The summed E-state index contributed by atoms with van der Waals surface area (Å²) in [6.45, 7) is 0.0211. The van der Waals surface area contributed by atoms with E-state index in [-0.39, 0.29) is 11.4 Å². The average molecular weight is 365 g/mol. The molecule has 0 saturated carbocycles. The van der Waals surface area contributed by atoms with Gasteiger partial charge in [0.05, 0.1) is 17.7 Å². The smallest absolute Gasteiger partial charge is 0.243 e. The van der Waals surface area contributed by atoms with E-state index in [1.807, 2.05) is 55.4 Å². The van der Waals surface area contributed by atoms with Crippen LogP contribution in [0.15, 0.2) is 65.7 Å². The molecule has 1 aromatic heterocycles. The molecule has 0 saturated heterocycles. The summed E-state index contributed by atoms with van der Waals surface area (Å²) in [5.74, 6) is 5.91. The maximum atomic E-state index is 12.6. The number of nitrogens with zero attached hydrogens (tertiary/aromatic N) is 2. The molecule has 0 radical (unpaired) electrons. The first-order valence-electron chi connectivity index (χ1n) is 8.08. The fourth-order valence-corrected chi connectivity index (χ4v) is 3.71. The molecule has 5 nitrogen and oxygen atoms in total. The van der Waals surface area contributed by atoms with Crippen molar-refractivity contribution in [3.05, 3.63) is 66.4 Å². The summed E-state index contributed by atoms with van der Waals surface area (Å²) in [5.41, 5.74) is 2.29. The Balaban J connectivity index is 1.80. The molecule has 0 fully saturated rings. The molecule has 0 aliphatic carbocycles. The van der Waals surface area contributed by atoms with Gasteiger partial charge in [-0.15, -0.1) is 0 Å². The quantitative estimate of drug-likeness (QED) is 0.722. The van der Waals surface area contributed by atoms with Crippen molar-refractivity contribution in [2.45, 2.75) is 4.90 Å². The summed E-state index contributed by atoms with van der Waals surface area (Å²) in [6.07, 6.45) is 1.58. The van der Waals surface area contributed by atoms with E-state index in [0.717, 1.165) is 16.6 Å². The van der Waals surface area contributed by atoms with E-state index in [1.165, 1.54) is 0 Å². The molecule has 0 spiro atoms. The van der Waals surface area contributed by atoms with Crippen molar-refractivity contribution in [3.63, 3.8) is 0 Å². The van der Waals surface area contributed by atoms with E-state index in [4.69, 9.17) is 0 Å². The fraction of sp³-hybridized carbons (Fsp3) is 0.150. The van der Waals surface area contributed by atoms with Crippen LogP contribution in [0.4, 0.5) is 5.69 Å². The van der Waals surface area contributed by atoms with Crippen LogP contribution in [0.5, 0.6) is 0 Å². The fourth-order valence-electron chi connectivity index (χ4n) is 2.61. The highest BCUT2D eigenvalue weighted by molar-refractivity contribution is 7.89. The number of pyridine rings is 1. The molecule has 0 aliphatic heterocycles. The second-order valence-electron chi connectivity index (χ2n) is 5.87. The molecule has 0 amide bonds. The molecule has 0 bridgehead atoms. The van der Waals surface area contributed by atoms with Gasteiger partial charge in [-0.1, -0.05) is 42.2 Å². The van der Waals surface area contributed by atoms with Gasteiger partial charge in [-0.2, -0.15) is 4.72 Å². The molecule has 0 atom stereocenters. The second kappa shape index (κ2) is 7.56. The van der Waals surface area contributed by atoms with Crippen molar-refractivity contribution < 1.29 is 8.42 Å². The van der Waals surface area contributed by atoms with Gasteiger partial charge < -0.3 is 4.90 Å². The summed E-state index contributed by atoms with van der Waals surface area (Å²) in [6, 6.07) is 16.4. The zero-order chi connectivity index (χ0) is 18.6. The highest BCUT2D eigenvalue weighted by Gasteiger charge is 2.16. The first-order chi connectivity index (χ1) is 12.5. The van der Waals surface area contributed by atoms with E-state index in [9.17, 15) is 8.42 Å². The summed E-state index contributed by atoms with van der Waals surface area (Å²) < 4.78 is 27.7. The number of anilines is 1. The van der Waals surface area contributed by atoms with Crippen LogP contribution < -0.4 is 9.62 Å². The summed E-state index contributed by atoms with van der Waals surface area (Å²) in [4.78, 5) is 6.32. The van der Waals surface area contributed by atoms with E-state index < -0.39 is 10.0 Å². The molecule has 3 aromatic rings. The number of rotatable bonds is 4. The number of hydrogen-bond donors (Lipinski definition) is 1. The van der Waals surface area contributed by atoms with Gasteiger partial charge in [0.2, 0.25) is 10.0 Å². The minimum Gasteiger partial charge on any atom is -0.377 e. The predicted molar refractivity (Wildman–Crippen MR) is 105 cm³/mol. The molecule has 1 heterocycles. The van der Waals surface area contributed by atoms with E-state index in [2.05, 4.69) is 21.5 Å². The number of para-hydroxylation sites is 2. The van der Waals surface area contributed by atoms with Gasteiger partial charge in [0, 0.05) is 31.2 Å². The Kier molecular flexibility index (Phi) is 5.21. The Morgan fingerprint density at radius 3 is 2.62 bits per heavy atom. The molecule has 26 heavy (non-hydrogen) atoms. The normalized spacial score (nSPS) is 11.0. The molecule has 0 unspecified atom stereocenters. The van der Waals surface area contributed by atoms with Crippen molar-refractivity contribution in [1.29, 1.82) is 0 Å². The van der Waals surface area contributed by atoms with Crippen LogP contribution in [-0.4, -0.2) is 34.0 Å². The molecule has 6 heteroatoms. The van der Waals surface area contributed by atoms with Crippen molar-refractivity contribution in [2.75, 3.05) is 25.5 Å². The second-order valence-corrected chi connectivity index (χ2v) is 7.60. The Bertz CT molecular complexity index is 1090. The predicted octanol–water partition coefficient (Wildman–Crippen LogP) is 2.63. The number of benzene rings is 2. The molecular weight excluding hydrogens is 346 g/mol. The number of fused-ring (bicyclic) bond motifs is 1. The Labute approximate surface area is 153 Å². The maximum absolute atomic E-state index is 12.6. The standard InChI is InChI=1S/C20H19N3O2S/c1-23(2)18-12-4-3-8-16(18)10-7-15-22-26(24,25)19-13-5-9-17-11-6-14-21-20(17)19/h3-6,8-9,11-14,22H,15H2,1-2H3. The lowest BCUT2D eigenvalue weighted by atomic mass is 10.1. The van der Waals surface area contributed by atoms with Crippen LogP contribution in [0, 0.1) is 11.8 Å². The van der Waals surface area contributed by atoms with E-state index in [0.29, 0.717) is 5.52 Å². The van der Waals surface area contributed by atoms with Gasteiger partial charge in [-0.3, -0.25) is 4.98 Å². The molecule has 132 valence electrons. The maximum Gasteiger partial charge on any atom is 0.243 e. The highest BCUT2D eigenvalue weighted by Crippen LogP contribution is 2.20. The van der Waals surface area contributed by atoms with E-state index in [1.54, 1.807) is 24.4 Å². The van der Waals surface area contributed by atoms with Crippen LogP contribution in [0.3, 0.4) is 0 Å². The van der Waals surface area contributed by atoms with Crippen LogP contribution in [0.25, 0.3) is 10.9 Å². The van der Waals surface area contributed by atoms with Crippen LogP contribution in [0.2, 0.25) is 0 Å². The molecule has 2 aromatic carbocycles. The lowest BCUT2D eigenvalue weighted by molar-refractivity contribution is 0.587. The first kappa shape index (κ1) is 17.9. The third kappa shape index (κ3) is 3.85. The van der Waals surface area contributed by atoms with Gasteiger partial charge >= 0.3 is 0 Å². The summed E-state index contributed by atoms with van der Waals surface area (Å²) in [5, 5.41) is 0.779.